The van der Waals surface area contributed by atoms with Crippen molar-refractivity contribution in [3.05, 3.63) is 78.6 Å². The molecule has 1 amide bonds. The van der Waals surface area contributed by atoms with Crippen LogP contribution in [0.2, 0.25) is 0 Å². The number of para-hydroxylation sites is 2. The molecule has 1 N–H and O–H groups in total. The van der Waals surface area contributed by atoms with Crippen molar-refractivity contribution in [1.29, 1.82) is 0 Å². The Morgan fingerprint density at radius 3 is 2.56 bits per heavy atom. The van der Waals surface area contributed by atoms with Crippen molar-refractivity contribution >= 4 is 22.4 Å². The van der Waals surface area contributed by atoms with E-state index in [2.05, 4.69) is 20.5 Å². The molecule has 0 atom stereocenters. The average molecular weight is 449 g/mol. The van der Waals surface area contributed by atoms with Gasteiger partial charge in [-0.25, -0.2) is 0 Å². The first-order chi connectivity index (χ1) is 15.7. The lowest BCUT2D eigenvalue weighted by Gasteiger charge is -2.11. The number of amides is 1. The summed E-state index contributed by atoms with van der Waals surface area (Å²) in [7, 11) is 1.59. The van der Waals surface area contributed by atoms with Gasteiger partial charge in [-0.2, -0.15) is 0 Å². The van der Waals surface area contributed by atoms with Crippen molar-refractivity contribution in [2.45, 2.75) is 0 Å². The molecule has 2 aromatic heterocycles. The van der Waals surface area contributed by atoms with Crippen LogP contribution in [0.1, 0.15) is 10.4 Å². The fourth-order valence-electron chi connectivity index (χ4n) is 2.96. The Labute approximate surface area is 188 Å². The highest BCUT2D eigenvalue weighted by molar-refractivity contribution is 7.17. The summed E-state index contributed by atoms with van der Waals surface area (Å²) in [5.41, 5.74) is 1.87. The number of rotatable bonds is 9. The van der Waals surface area contributed by atoms with Gasteiger partial charge in [-0.05, 0) is 35.6 Å². The van der Waals surface area contributed by atoms with Gasteiger partial charge in [0.05, 0.1) is 12.7 Å². The minimum absolute atomic E-state index is 0.305. The third-order valence-electron chi connectivity index (χ3n) is 4.41. The summed E-state index contributed by atoms with van der Waals surface area (Å²) in [5.74, 6) is 1.09. The molecule has 9 heteroatoms. The average Bonchev–Trinajstić information content (AvgIpc) is 3.29. The summed E-state index contributed by atoms with van der Waals surface area (Å²) in [4.78, 5) is 17.1. The van der Waals surface area contributed by atoms with E-state index in [1.807, 2.05) is 54.6 Å². The number of benzene rings is 2. The van der Waals surface area contributed by atoms with Crippen LogP contribution in [0.3, 0.4) is 0 Å². The van der Waals surface area contributed by atoms with Gasteiger partial charge in [0, 0.05) is 23.5 Å². The predicted octanol–water partition coefficient (Wildman–Crippen LogP) is 4.32. The second-order valence-corrected chi connectivity index (χ2v) is 7.40. The van der Waals surface area contributed by atoms with E-state index in [9.17, 15) is 4.79 Å². The van der Waals surface area contributed by atoms with Gasteiger partial charge in [0.2, 0.25) is 5.13 Å². The quantitative estimate of drug-likeness (QED) is 0.381. The predicted molar refractivity (Wildman–Crippen MR) is 122 cm³/mol. The zero-order chi connectivity index (χ0) is 22.2. The molecule has 8 nitrogen and oxygen atoms in total. The zero-order valence-corrected chi connectivity index (χ0v) is 18.0. The second kappa shape index (κ2) is 10.4. The van der Waals surface area contributed by atoms with Gasteiger partial charge in [0.15, 0.2) is 0 Å². The summed E-state index contributed by atoms with van der Waals surface area (Å²) in [6, 6.07) is 18.6. The third kappa shape index (κ3) is 5.19. The summed E-state index contributed by atoms with van der Waals surface area (Å²) >= 11 is 1.14. The molecule has 0 bridgehead atoms. The Balaban J connectivity index is 1.38. The Morgan fingerprint density at radius 2 is 1.72 bits per heavy atom. The van der Waals surface area contributed by atoms with Gasteiger partial charge in [-0.15, -0.1) is 5.10 Å². The molecule has 0 unspecified atom stereocenters. The molecule has 2 aromatic carbocycles. The molecule has 0 radical (unpaired) electrons. The van der Waals surface area contributed by atoms with Gasteiger partial charge in [-0.1, -0.05) is 41.5 Å². The Morgan fingerprint density at radius 1 is 0.938 bits per heavy atom. The topological polar surface area (TPSA) is 95.5 Å². The molecule has 0 saturated heterocycles. The molecule has 2 heterocycles. The number of ether oxygens (including phenoxy) is 3. The lowest BCUT2D eigenvalue weighted by atomic mass is 10.0. The zero-order valence-electron chi connectivity index (χ0n) is 17.2. The number of nitrogens with zero attached hydrogens (tertiary/aromatic N) is 3. The van der Waals surface area contributed by atoms with E-state index in [-0.39, 0.29) is 5.91 Å². The molecular weight excluding hydrogens is 428 g/mol. The molecule has 4 aromatic rings. The van der Waals surface area contributed by atoms with Crippen LogP contribution in [0.4, 0.5) is 5.13 Å². The first-order valence-electron chi connectivity index (χ1n) is 9.77. The number of anilines is 1. The molecule has 4 rings (SSSR count). The van der Waals surface area contributed by atoms with Gasteiger partial charge in [0.1, 0.15) is 24.7 Å². The SMILES string of the molecule is COc1ccccc1-c1cnccc1C(=O)Nc1nnc(OCCOc2ccccc2)s1. The van der Waals surface area contributed by atoms with Crippen molar-refractivity contribution in [2.24, 2.45) is 0 Å². The maximum absolute atomic E-state index is 12.9. The van der Waals surface area contributed by atoms with Crippen LogP contribution in [0.25, 0.3) is 11.1 Å². The maximum Gasteiger partial charge on any atom is 0.295 e. The first-order valence-corrected chi connectivity index (χ1v) is 10.6. The molecule has 0 saturated carbocycles. The fraction of sp³-hybridized carbons (Fsp3) is 0.130. The van der Waals surface area contributed by atoms with E-state index in [1.165, 1.54) is 0 Å². The number of hydrogen-bond acceptors (Lipinski definition) is 8. The Hall–Kier alpha value is -3.98. The van der Waals surface area contributed by atoms with E-state index in [1.54, 1.807) is 25.6 Å². The Bertz CT molecular complexity index is 1180. The van der Waals surface area contributed by atoms with Crippen molar-refractivity contribution in [3.8, 4) is 27.8 Å². The minimum Gasteiger partial charge on any atom is -0.496 e. The van der Waals surface area contributed by atoms with E-state index in [4.69, 9.17) is 14.2 Å². The third-order valence-corrected chi connectivity index (χ3v) is 5.16. The fourth-order valence-corrected chi connectivity index (χ4v) is 3.58. The van der Waals surface area contributed by atoms with E-state index >= 15 is 0 Å². The Kier molecular flexibility index (Phi) is 6.88. The van der Waals surface area contributed by atoms with E-state index < -0.39 is 0 Å². The number of methoxy groups -OCH3 is 1. The molecular formula is C23H20N4O4S. The highest BCUT2D eigenvalue weighted by Gasteiger charge is 2.17. The molecule has 0 aliphatic rings. The number of carbonyl (C=O) groups is 1. The van der Waals surface area contributed by atoms with Gasteiger partial charge >= 0.3 is 0 Å². The lowest BCUT2D eigenvalue weighted by molar-refractivity contribution is 0.102. The van der Waals surface area contributed by atoms with Crippen LogP contribution < -0.4 is 19.5 Å². The maximum atomic E-state index is 12.9. The van der Waals surface area contributed by atoms with Gasteiger partial charge < -0.3 is 14.2 Å². The van der Waals surface area contributed by atoms with Crippen LogP contribution in [0.5, 0.6) is 16.7 Å². The van der Waals surface area contributed by atoms with Crippen LogP contribution >= 0.6 is 11.3 Å². The highest BCUT2D eigenvalue weighted by Crippen LogP contribution is 2.32. The lowest BCUT2D eigenvalue weighted by Crippen LogP contribution is -2.13. The van der Waals surface area contributed by atoms with Gasteiger partial charge in [-0.3, -0.25) is 15.1 Å². The van der Waals surface area contributed by atoms with E-state index in [0.717, 1.165) is 22.6 Å². The van der Waals surface area contributed by atoms with Crippen molar-refractivity contribution < 1.29 is 19.0 Å². The highest BCUT2D eigenvalue weighted by atomic mass is 32.1. The number of pyridine rings is 1. The summed E-state index contributed by atoms with van der Waals surface area (Å²) in [6.07, 6.45) is 3.20. The van der Waals surface area contributed by atoms with Crippen LogP contribution in [-0.2, 0) is 0 Å². The monoisotopic (exact) mass is 448 g/mol. The van der Waals surface area contributed by atoms with Gasteiger partial charge in [0.25, 0.3) is 11.1 Å². The summed E-state index contributed by atoms with van der Waals surface area (Å²) < 4.78 is 16.6. The molecule has 0 fully saturated rings. The number of hydrogen-bond donors (Lipinski definition) is 1. The van der Waals surface area contributed by atoms with Crippen molar-refractivity contribution in [1.82, 2.24) is 15.2 Å². The first kappa shape index (κ1) is 21.3. The van der Waals surface area contributed by atoms with Crippen LogP contribution in [0.15, 0.2) is 73.1 Å². The largest absolute Gasteiger partial charge is 0.496 e. The summed E-state index contributed by atoms with van der Waals surface area (Å²) in [6.45, 7) is 0.671. The van der Waals surface area contributed by atoms with Crippen LogP contribution in [0, 0.1) is 0 Å². The normalized spacial score (nSPS) is 10.4. The number of aromatic nitrogens is 3. The number of nitrogens with one attached hydrogen (secondary N) is 1. The molecule has 0 aliphatic carbocycles. The second-order valence-electron chi connectivity index (χ2n) is 6.46. The molecule has 0 spiro atoms. The van der Waals surface area contributed by atoms with Crippen molar-refractivity contribution in [2.75, 3.05) is 25.6 Å². The molecule has 32 heavy (non-hydrogen) atoms. The minimum atomic E-state index is -0.330. The summed E-state index contributed by atoms with van der Waals surface area (Å²) in [5, 5.41) is 11.4. The molecule has 0 aliphatic heterocycles. The standard InChI is InChI=1S/C23H20N4O4S/c1-29-20-10-6-5-9-17(20)19-15-24-12-11-18(19)21(28)25-22-26-27-23(32-22)31-14-13-30-16-7-3-2-4-8-16/h2-12,15H,13-14H2,1H3,(H,25,26,28). The van der Waals surface area contributed by atoms with E-state index in [0.29, 0.717) is 40.4 Å². The van der Waals surface area contributed by atoms with Crippen LogP contribution in [-0.4, -0.2) is 41.4 Å². The number of carbonyl (C=O) groups excluding carboxylic acids is 1. The smallest absolute Gasteiger partial charge is 0.295 e. The molecule has 162 valence electrons. The van der Waals surface area contributed by atoms with Crippen molar-refractivity contribution in [3.63, 3.8) is 0 Å².